The van der Waals surface area contributed by atoms with Crippen molar-refractivity contribution in [2.24, 2.45) is 5.73 Å². The van der Waals surface area contributed by atoms with E-state index in [-0.39, 0.29) is 5.69 Å². The predicted octanol–water partition coefficient (Wildman–Crippen LogP) is 3.38. The van der Waals surface area contributed by atoms with Gasteiger partial charge in [0.15, 0.2) is 0 Å². The van der Waals surface area contributed by atoms with Gasteiger partial charge in [-0.2, -0.15) is 0 Å². The van der Waals surface area contributed by atoms with Gasteiger partial charge in [0.2, 0.25) is 0 Å². The molecule has 1 amide bonds. The molecule has 0 atom stereocenters. The first-order valence-electron chi connectivity index (χ1n) is 6.80. The highest BCUT2D eigenvalue weighted by Crippen LogP contribution is 2.29. The van der Waals surface area contributed by atoms with Crippen molar-refractivity contribution >= 4 is 29.2 Å². The molecule has 3 N–H and O–H groups in total. The number of primary amides is 1. The normalized spacial score (nSPS) is 11.0. The fourth-order valence-corrected chi connectivity index (χ4v) is 2.44. The highest BCUT2D eigenvalue weighted by molar-refractivity contribution is 7.98. The molecule has 0 saturated carbocycles. The molecule has 0 aliphatic rings. The van der Waals surface area contributed by atoms with Gasteiger partial charge in [-0.1, -0.05) is 0 Å². The van der Waals surface area contributed by atoms with Gasteiger partial charge in [0, 0.05) is 17.5 Å². The summed E-state index contributed by atoms with van der Waals surface area (Å²) in [5.74, 6) is 0. The van der Waals surface area contributed by atoms with Crippen LogP contribution in [-0.4, -0.2) is 29.4 Å². The maximum Gasteiger partial charge on any atom is 0.405 e. The number of rotatable bonds is 8. The first kappa shape index (κ1) is 18.1. The van der Waals surface area contributed by atoms with Crippen molar-refractivity contribution in [1.82, 2.24) is 0 Å². The van der Waals surface area contributed by atoms with Crippen LogP contribution in [0.4, 0.5) is 16.2 Å². The third-order valence-electron chi connectivity index (χ3n) is 3.05. The Balaban J connectivity index is 2.61. The Kier molecular flexibility index (Phi) is 6.48. The van der Waals surface area contributed by atoms with Gasteiger partial charge in [-0.3, -0.25) is 10.1 Å². The van der Waals surface area contributed by atoms with Crippen LogP contribution in [0.5, 0.6) is 0 Å². The molecule has 8 heteroatoms. The van der Waals surface area contributed by atoms with E-state index >= 15 is 0 Å². The molecule has 0 saturated heterocycles. The predicted molar refractivity (Wildman–Crippen MR) is 87.3 cm³/mol. The Morgan fingerprint density at radius 2 is 2.18 bits per heavy atom. The molecule has 0 fully saturated rings. The van der Waals surface area contributed by atoms with E-state index < -0.39 is 16.6 Å². The molecule has 122 valence electrons. The lowest BCUT2D eigenvalue weighted by molar-refractivity contribution is -0.384. The average molecular weight is 327 g/mol. The van der Waals surface area contributed by atoms with Crippen molar-refractivity contribution in [3.8, 4) is 0 Å². The molecule has 0 aliphatic heterocycles. The number of nitrogens with one attached hydrogen (secondary N) is 1. The summed E-state index contributed by atoms with van der Waals surface area (Å²) in [4.78, 5) is 22.3. The summed E-state index contributed by atoms with van der Waals surface area (Å²) in [5, 5.41) is 14.1. The molecule has 0 heterocycles. The molecule has 0 radical (unpaired) electrons. The van der Waals surface area contributed by atoms with Crippen LogP contribution in [0.3, 0.4) is 0 Å². The molecule has 0 unspecified atom stereocenters. The number of nitrogens with two attached hydrogens (primary N) is 1. The summed E-state index contributed by atoms with van der Waals surface area (Å²) in [6.45, 7) is 4.08. The van der Waals surface area contributed by atoms with E-state index in [0.717, 1.165) is 4.90 Å². The fraction of sp³-hybridized carbons (Fsp3) is 0.500. The zero-order chi connectivity index (χ0) is 16.8. The minimum Gasteiger partial charge on any atom is -0.444 e. The molecule has 1 aromatic rings. The zero-order valence-corrected chi connectivity index (χ0v) is 13.7. The quantitative estimate of drug-likeness (QED) is 0.328. The van der Waals surface area contributed by atoms with Crippen LogP contribution in [0, 0.1) is 10.1 Å². The van der Waals surface area contributed by atoms with Crippen molar-refractivity contribution in [2.45, 2.75) is 37.2 Å². The Labute approximate surface area is 133 Å². The lowest BCUT2D eigenvalue weighted by atomic mass is 10.0. The van der Waals surface area contributed by atoms with E-state index in [2.05, 4.69) is 5.32 Å². The molecule has 22 heavy (non-hydrogen) atoms. The number of ether oxygens (including phenoxy) is 1. The minimum atomic E-state index is -0.804. The minimum absolute atomic E-state index is 0.0467. The van der Waals surface area contributed by atoms with Gasteiger partial charge in [0.25, 0.3) is 5.69 Å². The van der Waals surface area contributed by atoms with Crippen molar-refractivity contribution in [3.63, 3.8) is 0 Å². The van der Waals surface area contributed by atoms with Gasteiger partial charge in [-0.05, 0) is 45.1 Å². The summed E-state index contributed by atoms with van der Waals surface area (Å²) in [6, 6.07) is 4.97. The summed E-state index contributed by atoms with van der Waals surface area (Å²) in [5.41, 5.74) is 4.89. The Morgan fingerprint density at radius 1 is 1.50 bits per heavy atom. The molecule has 1 rings (SSSR count). The van der Waals surface area contributed by atoms with Crippen molar-refractivity contribution < 1.29 is 14.5 Å². The molecular formula is C14H21N3O4S. The van der Waals surface area contributed by atoms with Crippen LogP contribution in [0.25, 0.3) is 0 Å². The van der Waals surface area contributed by atoms with Gasteiger partial charge >= 0.3 is 6.09 Å². The molecular weight excluding hydrogens is 306 g/mol. The van der Waals surface area contributed by atoms with E-state index in [4.69, 9.17) is 10.5 Å². The number of nitro benzene ring substituents is 1. The number of carbonyl (C=O) groups is 1. The Hall–Kier alpha value is -1.96. The molecule has 0 spiro atoms. The second kappa shape index (κ2) is 7.88. The van der Waals surface area contributed by atoms with E-state index in [1.165, 1.54) is 17.8 Å². The first-order valence-corrected chi connectivity index (χ1v) is 8.02. The molecule has 0 aromatic heterocycles. The third kappa shape index (κ3) is 5.80. The number of hydrogen-bond donors (Lipinski definition) is 2. The van der Waals surface area contributed by atoms with Crippen LogP contribution >= 0.6 is 11.8 Å². The smallest absolute Gasteiger partial charge is 0.405 e. The van der Waals surface area contributed by atoms with Crippen LogP contribution in [-0.2, 0) is 4.74 Å². The number of benzene rings is 1. The van der Waals surface area contributed by atoms with E-state index in [0.29, 0.717) is 25.1 Å². The lowest BCUT2D eigenvalue weighted by Crippen LogP contribution is -2.31. The summed E-state index contributed by atoms with van der Waals surface area (Å²) < 4.78 is 4.99. The van der Waals surface area contributed by atoms with Gasteiger partial charge < -0.3 is 15.8 Å². The largest absolute Gasteiger partial charge is 0.444 e. The van der Waals surface area contributed by atoms with Crippen LogP contribution < -0.4 is 11.1 Å². The Bertz CT molecular complexity index is 549. The monoisotopic (exact) mass is 327 g/mol. The van der Waals surface area contributed by atoms with Crippen molar-refractivity contribution in [3.05, 3.63) is 28.3 Å². The second-order valence-corrected chi connectivity index (χ2v) is 6.23. The molecule has 0 bridgehead atoms. The van der Waals surface area contributed by atoms with Gasteiger partial charge in [-0.25, -0.2) is 4.79 Å². The second-order valence-electron chi connectivity index (χ2n) is 5.35. The van der Waals surface area contributed by atoms with Gasteiger partial charge in [0.1, 0.15) is 11.3 Å². The molecule has 1 aromatic carbocycles. The summed E-state index contributed by atoms with van der Waals surface area (Å²) in [6.07, 6.45) is 2.38. The number of thioether (sulfide) groups is 1. The maximum absolute atomic E-state index is 11.0. The van der Waals surface area contributed by atoms with Crippen molar-refractivity contribution in [1.29, 1.82) is 0 Å². The summed E-state index contributed by atoms with van der Waals surface area (Å²) >= 11 is 1.52. The van der Waals surface area contributed by atoms with Crippen LogP contribution in [0.1, 0.15) is 26.7 Å². The van der Waals surface area contributed by atoms with Gasteiger partial charge in [-0.15, -0.1) is 11.8 Å². The highest BCUT2D eigenvalue weighted by Gasteiger charge is 2.21. The van der Waals surface area contributed by atoms with E-state index in [1.807, 2.05) is 6.26 Å². The number of hydrogen-bond acceptors (Lipinski definition) is 6. The van der Waals surface area contributed by atoms with Gasteiger partial charge in [0.05, 0.1) is 4.92 Å². The zero-order valence-electron chi connectivity index (χ0n) is 12.9. The molecule has 7 nitrogen and oxygen atoms in total. The fourth-order valence-electron chi connectivity index (χ4n) is 2.00. The van der Waals surface area contributed by atoms with Crippen LogP contribution in [0.15, 0.2) is 23.1 Å². The van der Waals surface area contributed by atoms with E-state index in [1.54, 1.807) is 26.0 Å². The lowest BCUT2D eigenvalue weighted by Gasteiger charge is -2.23. The Morgan fingerprint density at radius 3 is 2.73 bits per heavy atom. The SMILES string of the molecule is CSc1ccc([N+](=O)[O-])c(NCCCC(C)(C)OC(N)=O)c1. The maximum atomic E-state index is 11.0. The standard InChI is InChI=1S/C14H21N3O4S/c1-14(2,21-13(15)18)7-4-8-16-11-9-10(22-3)5-6-12(11)17(19)20/h5-6,9,16H,4,7-8H2,1-3H3,(H2,15,18). The number of carbonyl (C=O) groups excluding carboxylic acids is 1. The summed E-state index contributed by atoms with van der Waals surface area (Å²) in [7, 11) is 0. The first-order chi connectivity index (χ1) is 10.2. The number of nitrogens with zero attached hydrogens (tertiary/aromatic N) is 1. The van der Waals surface area contributed by atoms with E-state index in [9.17, 15) is 14.9 Å². The van der Waals surface area contributed by atoms with Crippen molar-refractivity contribution in [2.75, 3.05) is 18.1 Å². The average Bonchev–Trinajstić information content (AvgIpc) is 2.41. The highest BCUT2D eigenvalue weighted by atomic mass is 32.2. The number of anilines is 1. The third-order valence-corrected chi connectivity index (χ3v) is 3.77. The number of amides is 1. The molecule has 0 aliphatic carbocycles. The number of nitro groups is 1. The topological polar surface area (TPSA) is 107 Å². The van der Waals surface area contributed by atoms with Crippen LogP contribution in [0.2, 0.25) is 0 Å².